The second-order valence-corrected chi connectivity index (χ2v) is 8.72. The Morgan fingerprint density at radius 3 is 2.62 bits per heavy atom. The lowest BCUT2D eigenvalue weighted by Gasteiger charge is -2.21. The van der Waals surface area contributed by atoms with Gasteiger partial charge in [0.05, 0.1) is 6.42 Å². The van der Waals surface area contributed by atoms with E-state index in [9.17, 15) is 14.4 Å². The average Bonchev–Trinajstić information content (AvgIpc) is 3.42. The van der Waals surface area contributed by atoms with E-state index in [1.165, 1.54) is 4.68 Å². The van der Waals surface area contributed by atoms with Crippen molar-refractivity contribution in [3.05, 3.63) is 43.9 Å². The zero-order chi connectivity index (χ0) is 20.7. The van der Waals surface area contributed by atoms with Gasteiger partial charge in [-0.05, 0) is 77.2 Å². The summed E-state index contributed by atoms with van der Waals surface area (Å²) in [5, 5.41) is 5.63. The van der Waals surface area contributed by atoms with E-state index in [1.807, 2.05) is 12.1 Å². The molecular formula is C18H19IN5O4S+. The minimum atomic E-state index is -0.763. The molecular weight excluding hydrogens is 509 g/mol. The topological polar surface area (TPSA) is 103 Å². The van der Waals surface area contributed by atoms with Crippen molar-refractivity contribution in [1.82, 2.24) is 15.1 Å². The molecule has 1 saturated carbocycles. The van der Waals surface area contributed by atoms with Crippen LogP contribution in [0.3, 0.4) is 0 Å². The fourth-order valence-electron chi connectivity index (χ4n) is 3.32. The van der Waals surface area contributed by atoms with Gasteiger partial charge in [0, 0.05) is 15.3 Å². The highest BCUT2D eigenvalue weighted by Crippen LogP contribution is 2.34. The molecule has 2 aliphatic rings. The SMILES string of the molecule is C[n+]1[nH]oc(=O)c1CN1C(=S)N(C2CC2)C(=O)C1CC(=O)Nc1ccc(I)cc1. The van der Waals surface area contributed by atoms with E-state index >= 15 is 0 Å². The Morgan fingerprint density at radius 1 is 1.34 bits per heavy atom. The number of rotatable bonds is 6. The van der Waals surface area contributed by atoms with Crippen LogP contribution >= 0.6 is 34.8 Å². The van der Waals surface area contributed by atoms with Crippen molar-refractivity contribution in [3.63, 3.8) is 0 Å². The first kappa shape index (κ1) is 20.0. The van der Waals surface area contributed by atoms with Crippen LogP contribution in [0.15, 0.2) is 33.6 Å². The van der Waals surface area contributed by atoms with Gasteiger partial charge in [-0.2, -0.15) is 0 Å². The molecule has 0 radical (unpaired) electrons. The van der Waals surface area contributed by atoms with Gasteiger partial charge < -0.3 is 10.2 Å². The Kier molecular flexibility index (Phi) is 5.42. The highest BCUT2D eigenvalue weighted by Gasteiger charge is 2.50. The Bertz CT molecular complexity index is 1030. The average molecular weight is 528 g/mol. The molecule has 11 heteroatoms. The van der Waals surface area contributed by atoms with Gasteiger partial charge in [0.2, 0.25) is 5.91 Å². The number of thiocarbonyl (C=S) groups is 1. The molecule has 2 N–H and O–H groups in total. The lowest BCUT2D eigenvalue weighted by molar-refractivity contribution is -0.746. The smallest absolute Gasteiger partial charge is 0.326 e. The largest absolute Gasteiger partial charge is 0.431 e. The number of amides is 2. The maximum atomic E-state index is 13.0. The molecule has 152 valence electrons. The van der Waals surface area contributed by atoms with Gasteiger partial charge in [-0.3, -0.25) is 19.0 Å². The molecule has 0 spiro atoms. The monoisotopic (exact) mass is 528 g/mol. The lowest BCUT2D eigenvalue weighted by atomic mass is 10.1. The molecule has 4 rings (SSSR count). The summed E-state index contributed by atoms with van der Waals surface area (Å²) in [6.07, 6.45) is 1.72. The minimum Gasteiger partial charge on any atom is -0.326 e. The number of H-pyrrole nitrogens is 1. The normalized spacial score (nSPS) is 19.2. The van der Waals surface area contributed by atoms with E-state index in [0.717, 1.165) is 16.4 Å². The number of hydrogen-bond donors (Lipinski definition) is 2. The molecule has 0 bridgehead atoms. The van der Waals surface area contributed by atoms with Crippen LogP contribution in [0.1, 0.15) is 25.0 Å². The maximum Gasteiger partial charge on any atom is 0.431 e. The summed E-state index contributed by atoms with van der Waals surface area (Å²) in [7, 11) is 1.64. The van der Waals surface area contributed by atoms with Crippen molar-refractivity contribution in [2.45, 2.75) is 37.9 Å². The zero-order valence-corrected chi connectivity index (χ0v) is 18.5. The lowest BCUT2D eigenvalue weighted by Crippen LogP contribution is -2.44. The first-order valence-corrected chi connectivity index (χ1v) is 10.6. The van der Waals surface area contributed by atoms with Crippen LogP contribution in [-0.2, 0) is 23.2 Å². The number of carbonyl (C=O) groups is 2. The standard InChI is InChI=1S/C18H18IN5O4S/c1-22-14(17(27)28-21-22)9-23-13(16(26)24(18(23)29)12-6-7-12)8-15(25)20-11-4-2-10(19)3-5-11/h2-5,12-13H,6-9H2,1H3,(H-,20,21,25,27)/p+1. The molecule has 1 aromatic heterocycles. The van der Waals surface area contributed by atoms with Gasteiger partial charge in [0.25, 0.3) is 5.91 Å². The van der Waals surface area contributed by atoms with Crippen molar-refractivity contribution in [2.24, 2.45) is 7.05 Å². The summed E-state index contributed by atoms with van der Waals surface area (Å²) in [6.45, 7) is 0.0810. The van der Waals surface area contributed by atoms with Crippen molar-refractivity contribution in [3.8, 4) is 0 Å². The second kappa shape index (κ2) is 7.86. The fraction of sp³-hybridized carbons (Fsp3) is 0.389. The van der Waals surface area contributed by atoms with E-state index in [2.05, 4.69) is 33.2 Å². The molecule has 1 saturated heterocycles. The molecule has 2 fully saturated rings. The third-order valence-corrected chi connectivity index (χ3v) is 6.16. The van der Waals surface area contributed by atoms with Gasteiger partial charge in [-0.25, -0.2) is 4.79 Å². The third-order valence-electron chi connectivity index (χ3n) is 5.01. The van der Waals surface area contributed by atoms with E-state index < -0.39 is 11.7 Å². The number of anilines is 1. The van der Waals surface area contributed by atoms with Crippen molar-refractivity contribution in [2.75, 3.05) is 5.32 Å². The highest BCUT2D eigenvalue weighted by atomic mass is 127. The summed E-state index contributed by atoms with van der Waals surface area (Å²) < 4.78 is 7.29. The van der Waals surface area contributed by atoms with Crippen molar-refractivity contribution < 1.29 is 18.8 Å². The summed E-state index contributed by atoms with van der Waals surface area (Å²) in [5.41, 5.74) is 0.447. The summed E-state index contributed by atoms with van der Waals surface area (Å²) in [5.74, 6) is -0.488. The van der Waals surface area contributed by atoms with Gasteiger partial charge in [0.15, 0.2) is 12.2 Å². The van der Waals surface area contributed by atoms with Crippen LogP contribution in [-0.4, -0.2) is 44.1 Å². The van der Waals surface area contributed by atoms with Crippen LogP contribution < -0.4 is 15.6 Å². The van der Waals surface area contributed by atoms with E-state index in [1.54, 1.807) is 29.0 Å². The quantitative estimate of drug-likeness (QED) is 0.328. The number of aromatic amines is 1. The molecule has 1 aliphatic carbocycles. The van der Waals surface area contributed by atoms with Gasteiger partial charge in [0.1, 0.15) is 12.6 Å². The van der Waals surface area contributed by atoms with Crippen LogP contribution in [0, 0.1) is 3.57 Å². The first-order valence-electron chi connectivity index (χ1n) is 9.10. The van der Waals surface area contributed by atoms with Gasteiger partial charge >= 0.3 is 11.3 Å². The van der Waals surface area contributed by atoms with E-state index in [4.69, 9.17) is 16.7 Å². The minimum absolute atomic E-state index is 0.0619. The molecule has 1 aromatic carbocycles. The molecule has 2 aromatic rings. The second-order valence-electron chi connectivity index (χ2n) is 7.11. The van der Waals surface area contributed by atoms with Crippen LogP contribution in [0.2, 0.25) is 0 Å². The van der Waals surface area contributed by atoms with Gasteiger partial charge in [-0.15, -0.1) is 0 Å². The molecule has 9 nitrogen and oxygen atoms in total. The zero-order valence-electron chi connectivity index (χ0n) is 15.6. The summed E-state index contributed by atoms with van der Waals surface area (Å²) >= 11 is 7.72. The summed E-state index contributed by atoms with van der Waals surface area (Å²) in [4.78, 5) is 40.9. The Hall–Kier alpha value is -2.28. The number of hydrogen-bond acceptors (Lipinski definition) is 5. The predicted molar refractivity (Wildman–Crippen MR) is 115 cm³/mol. The Labute approximate surface area is 185 Å². The van der Waals surface area contributed by atoms with Crippen molar-refractivity contribution in [1.29, 1.82) is 0 Å². The van der Waals surface area contributed by atoms with Crippen LogP contribution in [0.25, 0.3) is 0 Å². The predicted octanol–water partition coefficient (Wildman–Crippen LogP) is 0.886. The molecule has 2 amide bonds. The van der Waals surface area contributed by atoms with Crippen LogP contribution in [0.5, 0.6) is 0 Å². The first-order chi connectivity index (χ1) is 13.8. The summed E-state index contributed by atoms with van der Waals surface area (Å²) in [6, 6.07) is 6.70. The maximum absolute atomic E-state index is 13.0. The van der Waals surface area contributed by atoms with Gasteiger partial charge in [-0.1, -0.05) is 4.68 Å². The highest BCUT2D eigenvalue weighted by molar-refractivity contribution is 14.1. The fourth-order valence-corrected chi connectivity index (χ4v) is 4.11. The van der Waals surface area contributed by atoms with Crippen LogP contribution in [0.4, 0.5) is 5.69 Å². The molecule has 2 heterocycles. The number of nitrogens with one attached hydrogen (secondary N) is 2. The number of aryl methyl sites for hydroxylation is 1. The number of benzene rings is 1. The van der Waals surface area contributed by atoms with Crippen molar-refractivity contribution >= 4 is 57.4 Å². The molecule has 1 unspecified atom stereocenters. The number of halogens is 1. The third kappa shape index (κ3) is 4.06. The number of nitrogens with zero attached hydrogens (tertiary/aromatic N) is 3. The molecule has 29 heavy (non-hydrogen) atoms. The van der Waals surface area contributed by atoms with E-state index in [0.29, 0.717) is 16.5 Å². The number of aromatic nitrogens is 2. The van der Waals surface area contributed by atoms with E-state index in [-0.39, 0.29) is 30.8 Å². The molecule has 1 aliphatic heterocycles. The molecule has 1 atom stereocenters. The Balaban J connectivity index is 1.55. The Morgan fingerprint density at radius 2 is 2.03 bits per heavy atom. The number of carbonyl (C=O) groups excluding carboxylic acids is 2.